The molecule has 156 valence electrons. The first kappa shape index (κ1) is 25.9. The van der Waals surface area contributed by atoms with Crippen LogP contribution in [0.4, 0.5) is 0 Å². The molecule has 8 heteroatoms. The highest BCUT2D eigenvalue weighted by atomic mass is 127. The summed E-state index contributed by atoms with van der Waals surface area (Å²) in [6, 6.07) is 0.438. The highest BCUT2D eigenvalue weighted by Gasteiger charge is 2.22. The van der Waals surface area contributed by atoms with Crippen LogP contribution in [0.2, 0.25) is 0 Å². The quantitative estimate of drug-likeness (QED) is 0.288. The van der Waals surface area contributed by atoms with Crippen LogP contribution in [0.3, 0.4) is 0 Å². The van der Waals surface area contributed by atoms with E-state index in [-0.39, 0.29) is 35.5 Å². The Morgan fingerprint density at radius 1 is 1.08 bits per heavy atom. The van der Waals surface area contributed by atoms with Crippen molar-refractivity contribution < 1.29 is 8.42 Å². The average molecular weight is 503 g/mol. The lowest BCUT2D eigenvalue weighted by Gasteiger charge is -2.32. The molecule has 0 amide bonds. The summed E-state index contributed by atoms with van der Waals surface area (Å²) in [5.41, 5.74) is 0. The van der Waals surface area contributed by atoms with Crippen molar-refractivity contribution in [3.63, 3.8) is 0 Å². The maximum atomic E-state index is 11.6. The van der Waals surface area contributed by atoms with Crippen LogP contribution in [0, 0.1) is 5.92 Å². The first-order valence-corrected chi connectivity index (χ1v) is 11.7. The maximum Gasteiger partial charge on any atom is 0.191 e. The molecule has 0 aromatic rings. The minimum absolute atomic E-state index is 0. The molecular formula is C18H39IN4O2S. The van der Waals surface area contributed by atoms with Crippen molar-refractivity contribution in [2.24, 2.45) is 10.9 Å². The smallest absolute Gasteiger partial charge is 0.191 e. The molecule has 0 radical (unpaired) electrons. The van der Waals surface area contributed by atoms with E-state index in [0.717, 1.165) is 26.2 Å². The maximum absolute atomic E-state index is 11.6. The van der Waals surface area contributed by atoms with E-state index in [1.165, 1.54) is 25.7 Å². The average Bonchev–Trinajstić information content (AvgIpc) is 2.84. The summed E-state index contributed by atoms with van der Waals surface area (Å²) in [6.07, 6.45) is 5.22. The Kier molecular flexibility index (Phi) is 13.9. The van der Waals surface area contributed by atoms with Gasteiger partial charge in [-0.25, -0.2) is 8.42 Å². The Balaban J connectivity index is 0.00000625. The molecule has 0 aliphatic carbocycles. The minimum atomic E-state index is -2.95. The number of aliphatic imine (C=N–C) groups is 1. The molecule has 2 N–H and O–H groups in total. The number of sulfone groups is 1. The first-order valence-electron chi connectivity index (χ1n) is 9.86. The third-order valence-corrected chi connectivity index (χ3v) is 6.51. The van der Waals surface area contributed by atoms with Crippen LogP contribution in [-0.4, -0.2) is 69.5 Å². The van der Waals surface area contributed by atoms with E-state index in [1.54, 1.807) is 6.92 Å². The summed E-state index contributed by atoms with van der Waals surface area (Å²) in [5, 5.41) is 6.38. The Hall–Kier alpha value is -0.0900. The number of rotatable bonds is 9. The second-order valence-electron chi connectivity index (χ2n) is 7.14. The highest BCUT2D eigenvalue weighted by Crippen LogP contribution is 2.17. The van der Waals surface area contributed by atoms with Gasteiger partial charge in [0.2, 0.25) is 0 Å². The number of guanidine groups is 1. The van der Waals surface area contributed by atoms with Gasteiger partial charge in [0.05, 0.1) is 12.3 Å². The van der Waals surface area contributed by atoms with Gasteiger partial charge in [-0.3, -0.25) is 9.89 Å². The van der Waals surface area contributed by atoms with Gasteiger partial charge < -0.3 is 10.6 Å². The van der Waals surface area contributed by atoms with Crippen molar-refractivity contribution in [2.45, 2.75) is 59.4 Å². The van der Waals surface area contributed by atoms with Gasteiger partial charge in [0.1, 0.15) is 0 Å². The van der Waals surface area contributed by atoms with Gasteiger partial charge >= 0.3 is 0 Å². The lowest BCUT2D eigenvalue weighted by molar-refractivity contribution is 0.166. The first-order chi connectivity index (χ1) is 11.9. The lowest BCUT2D eigenvalue weighted by Crippen LogP contribution is -2.44. The third-order valence-electron chi connectivity index (χ3n) is 4.81. The van der Waals surface area contributed by atoms with E-state index in [4.69, 9.17) is 4.99 Å². The topological polar surface area (TPSA) is 73.8 Å². The predicted molar refractivity (Wildman–Crippen MR) is 122 cm³/mol. The number of halogens is 1. The number of hydrogen-bond donors (Lipinski definition) is 2. The van der Waals surface area contributed by atoms with Crippen molar-refractivity contribution in [3.8, 4) is 0 Å². The molecular weight excluding hydrogens is 463 g/mol. The molecule has 0 aromatic carbocycles. The van der Waals surface area contributed by atoms with Crippen LogP contribution >= 0.6 is 24.0 Å². The lowest BCUT2D eigenvalue weighted by atomic mass is 10.0. The molecule has 0 saturated carbocycles. The van der Waals surface area contributed by atoms with Gasteiger partial charge in [-0.15, -0.1) is 24.0 Å². The third kappa shape index (κ3) is 10.3. The Morgan fingerprint density at radius 2 is 1.69 bits per heavy atom. The van der Waals surface area contributed by atoms with E-state index in [2.05, 4.69) is 29.4 Å². The van der Waals surface area contributed by atoms with E-state index < -0.39 is 9.84 Å². The largest absolute Gasteiger partial charge is 0.357 e. The van der Waals surface area contributed by atoms with Gasteiger partial charge in [0.25, 0.3) is 0 Å². The summed E-state index contributed by atoms with van der Waals surface area (Å²) in [6.45, 7) is 12.5. The molecule has 1 atom stereocenters. The summed E-state index contributed by atoms with van der Waals surface area (Å²) < 4.78 is 23.3. The number of hydrogen-bond acceptors (Lipinski definition) is 4. The fraction of sp³-hybridized carbons (Fsp3) is 0.944. The standard InChI is InChI=1S/C18H38N4O2S.HI/c1-5-19-18(20-11-14-25(23,24)6-2)21-15-17(16(3)4)22-12-9-7-8-10-13-22;/h16-17H,5-15H2,1-4H3,(H2,19,20,21);1H. The molecule has 1 rings (SSSR count). The zero-order valence-electron chi connectivity index (χ0n) is 17.0. The van der Waals surface area contributed by atoms with E-state index in [9.17, 15) is 8.42 Å². The van der Waals surface area contributed by atoms with Crippen LogP contribution in [0.1, 0.15) is 53.4 Å². The van der Waals surface area contributed by atoms with Gasteiger partial charge in [0.15, 0.2) is 15.8 Å². The molecule has 1 aliphatic heterocycles. The number of nitrogens with zero attached hydrogens (tertiary/aromatic N) is 2. The Bertz CT molecular complexity index is 489. The van der Waals surface area contributed by atoms with Crippen molar-refractivity contribution in [1.82, 2.24) is 15.5 Å². The van der Waals surface area contributed by atoms with Crippen molar-refractivity contribution >= 4 is 39.8 Å². The Labute approximate surface area is 177 Å². The summed E-state index contributed by atoms with van der Waals surface area (Å²) in [7, 11) is -2.95. The minimum Gasteiger partial charge on any atom is -0.357 e. The van der Waals surface area contributed by atoms with Gasteiger partial charge in [-0.05, 0) is 38.8 Å². The molecule has 1 aliphatic rings. The zero-order valence-corrected chi connectivity index (χ0v) is 20.1. The van der Waals surface area contributed by atoms with Crippen LogP contribution in [-0.2, 0) is 9.84 Å². The molecule has 6 nitrogen and oxygen atoms in total. The second-order valence-corrected chi connectivity index (χ2v) is 9.62. The molecule has 1 unspecified atom stereocenters. The van der Waals surface area contributed by atoms with Crippen LogP contribution in [0.15, 0.2) is 4.99 Å². The van der Waals surface area contributed by atoms with Gasteiger partial charge in [-0.2, -0.15) is 0 Å². The van der Waals surface area contributed by atoms with E-state index >= 15 is 0 Å². The molecule has 0 bridgehead atoms. The van der Waals surface area contributed by atoms with Crippen LogP contribution in [0.25, 0.3) is 0 Å². The SMILES string of the molecule is CCNC(=NCC(C(C)C)N1CCCCCC1)NCCS(=O)(=O)CC.I. The monoisotopic (exact) mass is 502 g/mol. The molecule has 0 spiro atoms. The predicted octanol–water partition coefficient (Wildman–Crippen LogP) is 2.49. The molecule has 26 heavy (non-hydrogen) atoms. The molecule has 0 aromatic heterocycles. The summed E-state index contributed by atoms with van der Waals surface area (Å²) in [5.74, 6) is 1.60. The van der Waals surface area contributed by atoms with Gasteiger partial charge in [-0.1, -0.05) is 33.6 Å². The summed E-state index contributed by atoms with van der Waals surface area (Å²) in [4.78, 5) is 7.33. The fourth-order valence-corrected chi connectivity index (χ4v) is 3.87. The Morgan fingerprint density at radius 3 is 2.19 bits per heavy atom. The number of nitrogens with one attached hydrogen (secondary N) is 2. The van der Waals surface area contributed by atoms with Crippen molar-refractivity contribution in [2.75, 3.05) is 44.2 Å². The normalized spacial score (nSPS) is 18.1. The van der Waals surface area contributed by atoms with Gasteiger partial charge in [0, 0.05) is 24.9 Å². The van der Waals surface area contributed by atoms with Crippen molar-refractivity contribution in [1.29, 1.82) is 0 Å². The molecule has 1 fully saturated rings. The van der Waals surface area contributed by atoms with Crippen molar-refractivity contribution in [3.05, 3.63) is 0 Å². The van der Waals surface area contributed by atoms with E-state index in [0.29, 0.717) is 24.5 Å². The van der Waals surface area contributed by atoms with Crippen LogP contribution < -0.4 is 10.6 Å². The van der Waals surface area contributed by atoms with E-state index in [1.807, 2.05) is 6.92 Å². The zero-order chi connectivity index (χ0) is 18.7. The highest BCUT2D eigenvalue weighted by molar-refractivity contribution is 14.0. The molecule has 1 heterocycles. The van der Waals surface area contributed by atoms with Crippen LogP contribution in [0.5, 0.6) is 0 Å². The molecule has 1 saturated heterocycles. The second kappa shape index (κ2) is 14.0. The summed E-state index contributed by atoms with van der Waals surface area (Å²) >= 11 is 0. The fourth-order valence-electron chi connectivity index (χ4n) is 3.17. The number of likely N-dealkylation sites (tertiary alicyclic amines) is 1.